The van der Waals surface area contributed by atoms with Crippen LogP contribution < -0.4 is 14.1 Å². The van der Waals surface area contributed by atoms with E-state index in [1.54, 1.807) is 19.2 Å². The summed E-state index contributed by atoms with van der Waals surface area (Å²) in [5, 5.41) is 12.8. The van der Waals surface area contributed by atoms with Gasteiger partial charge in [0.15, 0.2) is 5.82 Å². The van der Waals surface area contributed by atoms with Gasteiger partial charge in [-0.05, 0) is 83.9 Å². The van der Waals surface area contributed by atoms with Crippen molar-refractivity contribution in [3.8, 4) is 23.0 Å². The van der Waals surface area contributed by atoms with E-state index in [0.717, 1.165) is 24.8 Å². The summed E-state index contributed by atoms with van der Waals surface area (Å²) >= 11 is 0. The highest BCUT2D eigenvalue weighted by atomic mass is 28.4. The number of anilines is 1. The molecule has 0 aliphatic carbocycles. The number of fused-ring (bicyclic) bond motifs is 3. The normalized spacial score (nSPS) is 23.8. The number of aromatic nitrogens is 3. The lowest BCUT2D eigenvalue weighted by molar-refractivity contribution is -0.0123. The van der Waals surface area contributed by atoms with Gasteiger partial charge in [-0.3, -0.25) is 9.88 Å². The number of halogens is 3. The number of alkyl halides is 1. The van der Waals surface area contributed by atoms with Crippen LogP contribution >= 0.6 is 0 Å². The highest BCUT2D eigenvalue weighted by Gasteiger charge is 2.50. The molecule has 13 heteroatoms. The number of aryl methyl sites for hydroxylation is 1. The first-order chi connectivity index (χ1) is 26.1. The molecule has 3 fully saturated rings. The number of ether oxygens (including phenoxy) is 2. The van der Waals surface area contributed by atoms with Gasteiger partial charge in [0.25, 0.3) is 8.32 Å². The van der Waals surface area contributed by atoms with Gasteiger partial charge in [0.1, 0.15) is 47.0 Å². The van der Waals surface area contributed by atoms with E-state index in [2.05, 4.69) is 51.4 Å². The van der Waals surface area contributed by atoms with Crippen molar-refractivity contribution in [2.45, 2.75) is 115 Å². The molecule has 7 rings (SSSR count). The van der Waals surface area contributed by atoms with Crippen molar-refractivity contribution in [3.63, 3.8) is 0 Å². The highest BCUT2D eigenvalue weighted by molar-refractivity contribution is 6.78. The zero-order valence-electron chi connectivity index (χ0n) is 33.5. The number of rotatable bonds is 11. The predicted octanol–water partition coefficient (Wildman–Crippen LogP) is 8.78. The van der Waals surface area contributed by atoms with Gasteiger partial charge in [0.2, 0.25) is 0 Å². The van der Waals surface area contributed by atoms with Gasteiger partial charge in [-0.2, -0.15) is 9.97 Å². The Hall–Kier alpha value is -3.52. The summed E-state index contributed by atoms with van der Waals surface area (Å²) in [5.41, 5.74) is 0.0512. The molecule has 3 aliphatic heterocycles. The maximum absolute atomic E-state index is 17.6. The minimum absolute atomic E-state index is 0.00702. The molecule has 55 heavy (non-hydrogen) atoms. The summed E-state index contributed by atoms with van der Waals surface area (Å²) < 4.78 is 66.9. The minimum Gasteiger partial charge on any atom is -0.543 e. The number of benzene rings is 2. The predicted molar refractivity (Wildman–Crippen MR) is 213 cm³/mol. The molecule has 298 valence electrons. The van der Waals surface area contributed by atoms with Gasteiger partial charge >= 0.3 is 6.01 Å². The molecule has 0 amide bonds. The van der Waals surface area contributed by atoms with Crippen LogP contribution in [0.2, 0.25) is 16.6 Å². The second-order valence-electron chi connectivity index (χ2n) is 17.2. The summed E-state index contributed by atoms with van der Waals surface area (Å²) in [6, 6.07) is 6.90. The van der Waals surface area contributed by atoms with E-state index in [1.165, 1.54) is 6.07 Å². The van der Waals surface area contributed by atoms with E-state index in [0.29, 0.717) is 66.0 Å². The Morgan fingerprint density at radius 1 is 1.05 bits per heavy atom. The Labute approximate surface area is 323 Å². The van der Waals surface area contributed by atoms with E-state index >= 15 is 8.78 Å². The molecule has 0 bridgehead atoms. The monoisotopic (exact) mass is 779 g/mol. The first kappa shape index (κ1) is 39.7. The van der Waals surface area contributed by atoms with Crippen LogP contribution in [-0.4, -0.2) is 96.6 Å². The van der Waals surface area contributed by atoms with E-state index in [1.807, 2.05) is 24.0 Å². The van der Waals surface area contributed by atoms with Crippen LogP contribution in [0.5, 0.6) is 11.8 Å². The summed E-state index contributed by atoms with van der Waals surface area (Å²) in [5.74, 6) is -0.135. The molecule has 3 atom stereocenters. The van der Waals surface area contributed by atoms with Crippen molar-refractivity contribution in [2.24, 2.45) is 0 Å². The zero-order chi connectivity index (χ0) is 39.4. The number of aliphatic hydroxyl groups is 1. The number of hydrogen-bond acceptors (Lipinski definition) is 9. The van der Waals surface area contributed by atoms with E-state index in [-0.39, 0.29) is 59.4 Å². The molecule has 0 unspecified atom stereocenters. The molecule has 4 aromatic rings. The largest absolute Gasteiger partial charge is 0.543 e. The molecular formula is C42H56F3N5O4Si. The summed E-state index contributed by atoms with van der Waals surface area (Å²) in [6.07, 6.45) is 3.09. The fourth-order valence-electron chi connectivity index (χ4n) is 9.98. The van der Waals surface area contributed by atoms with Gasteiger partial charge in [-0.15, -0.1) is 0 Å². The standard InChI is InChI=1S/C42H56F3N5O4Si/c1-9-31-34(44)12-11-28-17-30(54-55(25(2)3,26(4)5)27(6)7)18-32(35(28)31)37-36(45)38-33(20-46-37)39(49-15-16-52-23-41(8,51)22-49)48-40(47-38)53-24-42-13-10-14-50(42)21-29(43)19-42/h11-12,17-18,20,25-27,29,51H,9-10,13-16,19,21-24H2,1-8H3/t29-,41+,42+/m1/s1. The smallest absolute Gasteiger partial charge is 0.319 e. The minimum atomic E-state index is -2.44. The molecule has 5 heterocycles. The third-order valence-corrected chi connectivity index (χ3v) is 18.4. The van der Waals surface area contributed by atoms with Crippen LogP contribution in [0.3, 0.4) is 0 Å². The number of nitrogens with zero attached hydrogens (tertiary/aromatic N) is 5. The van der Waals surface area contributed by atoms with Gasteiger partial charge in [0, 0.05) is 31.3 Å². The Balaban J connectivity index is 1.42. The van der Waals surface area contributed by atoms with Gasteiger partial charge in [0.05, 0.1) is 30.7 Å². The van der Waals surface area contributed by atoms with Crippen LogP contribution in [-0.2, 0) is 11.2 Å². The molecule has 9 nitrogen and oxygen atoms in total. The first-order valence-electron chi connectivity index (χ1n) is 20.0. The first-order valence-corrected chi connectivity index (χ1v) is 22.1. The van der Waals surface area contributed by atoms with Gasteiger partial charge in [-0.25, -0.2) is 13.2 Å². The fraction of sp³-hybridized carbons (Fsp3) is 0.595. The molecule has 2 aromatic carbocycles. The molecule has 2 aromatic heterocycles. The Bertz CT molecular complexity index is 2040. The Morgan fingerprint density at radius 3 is 2.51 bits per heavy atom. The quantitative estimate of drug-likeness (QED) is 0.150. The number of β-amino-alcohol motifs (C(OH)–C–C–N with tert-alkyl or cyclic N) is 1. The van der Waals surface area contributed by atoms with Crippen LogP contribution in [0, 0.1) is 11.6 Å². The molecule has 1 N–H and O–H groups in total. The SMILES string of the molecule is CCc1c(F)ccc2cc(O[Si](C(C)C)(C(C)C)C(C)C)cc(-c3ncc4c(N5CCOC[C@@](C)(O)C5)nc(OC[C@@]56CCCN5C[C@H](F)C6)nc4c3F)c12. The summed E-state index contributed by atoms with van der Waals surface area (Å²) in [6.45, 7) is 19.2. The Kier molecular flexibility index (Phi) is 10.9. The van der Waals surface area contributed by atoms with Crippen LogP contribution in [0.4, 0.5) is 19.0 Å². The van der Waals surface area contributed by atoms with Crippen molar-refractivity contribution in [1.82, 2.24) is 19.9 Å². The molecule has 0 radical (unpaired) electrons. The van der Waals surface area contributed by atoms with Crippen molar-refractivity contribution in [2.75, 3.05) is 50.9 Å². The number of hydrogen-bond donors (Lipinski definition) is 1. The number of pyridine rings is 1. The molecule has 0 spiro atoms. The van der Waals surface area contributed by atoms with Crippen LogP contribution in [0.15, 0.2) is 30.5 Å². The van der Waals surface area contributed by atoms with Crippen LogP contribution in [0.1, 0.15) is 80.2 Å². The average Bonchev–Trinajstić information content (AvgIpc) is 3.58. The third-order valence-electron chi connectivity index (χ3n) is 12.4. The zero-order valence-corrected chi connectivity index (χ0v) is 34.5. The third kappa shape index (κ3) is 7.19. The van der Waals surface area contributed by atoms with Gasteiger partial charge < -0.3 is 23.9 Å². The topological polar surface area (TPSA) is 93.1 Å². The Morgan fingerprint density at radius 2 is 1.80 bits per heavy atom. The molecule has 3 saturated heterocycles. The van der Waals surface area contributed by atoms with Crippen molar-refractivity contribution in [3.05, 3.63) is 47.7 Å². The van der Waals surface area contributed by atoms with Crippen molar-refractivity contribution in [1.29, 1.82) is 0 Å². The van der Waals surface area contributed by atoms with Crippen LogP contribution in [0.25, 0.3) is 32.9 Å². The summed E-state index contributed by atoms with van der Waals surface area (Å²) in [7, 11) is -2.44. The molecular weight excluding hydrogens is 724 g/mol. The van der Waals surface area contributed by atoms with Crippen molar-refractivity contribution < 1.29 is 32.2 Å². The van der Waals surface area contributed by atoms with Gasteiger partial charge in [-0.1, -0.05) is 54.5 Å². The maximum atomic E-state index is 17.6. The molecule has 0 saturated carbocycles. The second kappa shape index (κ2) is 15.1. The lowest BCUT2D eigenvalue weighted by Gasteiger charge is -2.42. The lowest BCUT2D eigenvalue weighted by Crippen LogP contribution is -2.50. The molecule has 3 aliphatic rings. The van der Waals surface area contributed by atoms with Crippen molar-refractivity contribution >= 4 is 35.8 Å². The lowest BCUT2D eigenvalue weighted by atomic mass is 9.94. The maximum Gasteiger partial charge on any atom is 0.319 e. The average molecular weight is 780 g/mol. The highest BCUT2D eigenvalue weighted by Crippen LogP contribution is 2.46. The summed E-state index contributed by atoms with van der Waals surface area (Å²) in [4.78, 5) is 18.2. The van der Waals surface area contributed by atoms with E-state index in [4.69, 9.17) is 23.9 Å². The fourth-order valence-corrected chi connectivity index (χ4v) is 15.2. The van der Waals surface area contributed by atoms with E-state index < -0.39 is 31.4 Å². The second-order valence-corrected chi connectivity index (χ2v) is 22.6. The van der Waals surface area contributed by atoms with E-state index in [9.17, 15) is 9.50 Å².